The molecule has 25 heavy (non-hydrogen) atoms. The van der Waals surface area contributed by atoms with E-state index in [0.29, 0.717) is 5.69 Å². The molecule has 132 valence electrons. The van der Waals surface area contributed by atoms with Gasteiger partial charge in [-0.3, -0.25) is 10.1 Å². The number of anilines is 1. The van der Waals surface area contributed by atoms with Gasteiger partial charge in [-0.1, -0.05) is 18.2 Å². The van der Waals surface area contributed by atoms with Crippen molar-refractivity contribution in [3.05, 3.63) is 59.4 Å². The molecule has 0 aliphatic carbocycles. The Hall–Kier alpha value is -2.09. The molecular weight excluding hydrogens is 341 g/mol. The van der Waals surface area contributed by atoms with Crippen LogP contribution in [0.4, 0.5) is 10.1 Å². The smallest absolute Gasteiger partial charge is 0.262 e. The van der Waals surface area contributed by atoms with Crippen LogP contribution in [0, 0.1) is 5.82 Å². The minimum absolute atomic E-state index is 0.146. The number of rotatable bonds is 3. The Morgan fingerprint density at radius 1 is 1.40 bits per heavy atom. The number of nitrogens with one attached hydrogen (secondary N) is 2. The average Bonchev–Trinajstić information content (AvgIpc) is 2.55. The molecule has 5 nitrogen and oxygen atoms in total. The van der Waals surface area contributed by atoms with E-state index < -0.39 is 17.5 Å². The summed E-state index contributed by atoms with van der Waals surface area (Å²) in [5.74, 6) is -0.915. The second-order valence-corrected chi connectivity index (χ2v) is 7.44. The molecule has 0 saturated carbocycles. The van der Waals surface area contributed by atoms with E-state index >= 15 is 0 Å². The molecule has 2 aromatic rings. The summed E-state index contributed by atoms with van der Waals surface area (Å²) in [4.78, 5) is 12.3. The highest BCUT2D eigenvalue weighted by Gasteiger charge is 2.32. The summed E-state index contributed by atoms with van der Waals surface area (Å²) in [6, 6.07) is 11.1. The number of hydrogen-bond acceptors (Lipinski definition) is 5. The van der Waals surface area contributed by atoms with Crippen molar-refractivity contribution in [2.24, 2.45) is 5.73 Å². The molecule has 7 heteroatoms. The molecule has 1 amide bonds. The highest BCUT2D eigenvalue weighted by atomic mass is 32.2. The van der Waals surface area contributed by atoms with Gasteiger partial charge in [0.2, 0.25) is 0 Å². The average molecular weight is 361 g/mol. The molecule has 3 rings (SSSR count). The van der Waals surface area contributed by atoms with Crippen LogP contribution in [0.25, 0.3) is 0 Å². The fourth-order valence-corrected chi connectivity index (χ4v) is 4.04. The summed E-state index contributed by atoms with van der Waals surface area (Å²) in [6.07, 6.45) is 0.900. The zero-order valence-electron chi connectivity index (χ0n) is 13.8. The lowest BCUT2D eigenvalue weighted by atomic mass is 9.89. The molecule has 1 heterocycles. The molecule has 1 aliphatic rings. The molecule has 2 aromatic carbocycles. The topological polar surface area (TPSA) is 87.4 Å². The summed E-state index contributed by atoms with van der Waals surface area (Å²) >= 11 is 1.66. The van der Waals surface area contributed by atoms with E-state index in [2.05, 4.69) is 17.6 Å². The number of carbonyl (C=O) groups is 1. The Morgan fingerprint density at radius 3 is 2.88 bits per heavy atom. The summed E-state index contributed by atoms with van der Waals surface area (Å²) in [6.45, 7) is 2.07. The van der Waals surface area contributed by atoms with Gasteiger partial charge < -0.3 is 16.2 Å². The van der Waals surface area contributed by atoms with Crippen LogP contribution in [-0.2, 0) is 5.54 Å². The third kappa shape index (κ3) is 3.78. The van der Waals surface area contributed by atoms with E-state index in [4.69, 9.17) is 5.73 Å². The van der Waals surface area contributed by atoms with Gasteiger partial charge >= 0.3 is 0 Å². The molecule has 0 radical (unpaired) electrons. The van der Waals surface area contributed by atoms with Crippen LogP contribution in [0.15, 0.2) is 42.5 Å². The Kier molecular flexibility index (Phi) is 4.99. The fraction of sp³-hybridized carbons (Fsp3) is 0.278. The lowest BCUT2D eigenvalue weighted by Gasteiger charge is -2.38. The van der Waals surface area contributed by atoms with Gasteiger partial charge in [-0.15, -0.1) is 11.8 Å². The Morgan fingerprint density at radius 2 is 2.16 bits per heavy atom. The molecule has 1 aliphatic heterocycles. The van der Waals surface area contributed by atoms with E-state index in [1.807, 2.05) is 18.2 Å². The molecule has 2 unspecified atom stereocenters. The standard InChI is InChI=1S/C18H20FN3O2S/c1-18(8-9-25-17(20)22-18)11-4-2-5-12(10-11)21-16(24)15-13(19)6-3-7-14(15)23/h2-7,10,17,22-23H,8-9,20H2,1H3,(H,21,24). The van der Waals surface area contributed by atoms with Crippen LogP contribution in [0.1, 0.15) is 29.3 Å². The van der Waals surface area contributed by atoms with Crippen LogP contribution in [0.2, 0.25) is 0 Å². The van der Waals surface area contributed by atoms with Crippen LogP contribution >= 0.6 is 11.8 Å². The van der Waals surface area contributed by atoms with Crippen LogP contribution < -0.4 is 16.4 Å². The van der Waals surface area contributed by atoms with Gasteiger partial charge in [0.1, 0.15) is 22.6 Å². The van der Waals surface area contributed by atoms with Gasteiger partial charge in [-0.25, -0.2) is 4.39 Å². The molecule has 0 spiro atoms. The van der Waals surface area contributed by atoms with Crippen molar-refractivity contribution < 1.29 is 14.3 Å². The van der Waals surface area contributed by atoms with Crippen molar-refractivity contribution in [3.63, 3.8) is 0 Å². The molecule has 5 N–H and O–H groups in total. The van der Waals surface area contributed by atoms with Gasteiger partial charge in [-0.2, -0.15) is 0 Å². The van der Waals surface area contributed by atoms with Crippen molar-refractivity contribution in [2.45, 2.75) is 24.4 Å². The molecule has 1 saturated heterocycles. The minimum atomic E-state index is -0.766. The van der Waals surface area contributed by atoms with Gasteiger partial charge in [0.15, 0.2) is 0 Å². The number of halogens is 1. The number of amides is 1. The molecule has 2 atom stereocenters. The van der Waals surface area contributed by atoms with Crippen molar-refractivity contribution in [1.29, 1.82) is 0 Å². The Labute approximate surface area is 149 Å². The second-order valence-electron chi connectivity index (χ2n) is 6.19. The lowest BCUT2D eigenvalue weighted by molar-refractivity contribution is 0.102. The number of benzene rings is 2. The first-order valence-electron chi connectivity index (χ1n) is 7.93. The van der Waals surface area contributed by atoms with E-state index in [1.54, 1.807) is 17.8 Å². The normalized spacial score (nSPS) is 23.2. The fourth-order valence-electron chi connectivity index (χ4n) is 2.92. The summed E-state index contributed by atoms with van der Waals surface area (Å²) in [7, 11) is 0. The van der Waals surface area contributed by atoms with Gasteiger partial charge in [0.05, 0.1) is 0 Å². The first-order chi connectivity index (χ1) is 11.9. The van der Waals surface area contributed by atoms with Crippen LogP contribution in [0.5, 0.6) is 5.75 Å². The Balaban J connectivity index is 1.84. The SMILES string of the molecule is CC1(c2cccc(NC(=O)c3c(O)cccc3F)c2)CCSC(N)N1. The van der Waals surface area contributed by atoms with Gasteiger partial charge in [0, 0.05) is 11.2 Å². The quantitative estimate of drug-likeness (QED) is 0.675. The number of nitrogens with two attached hydrogens (primary N) is 1. The summed E-state index contributed by atoms with van der Waals surface area (Å²) in [5.41, 5.74) is 6.69. The number of hydrogen-bond donors (Lipinski definition) is 4. The number of aromatic hydroxyl groups is 1. The maximum Gasteiger partial charge on any atom is 0.262 e. The van der Waals surface area contributed by atoms with Crippen molar-refractivity contribution in [1.82, 2.24) is 5.32 Å². The summed E-state index contributed by atoms with van der Waals surface area (Å²) in [5, 5.41) is 15.8. The predicted octanol–water partition coefficient (Wildman–Crippen LogP) is 2.97. The molecule has 0 bridgehead atoms. The minimum Gasteiger partial charge on any atom is -0.507 e. The van der Waals surface area contributed by atoms with E-state index in [9.17, 15) is 14.3 Å². The third-order valence-corrected chi connectivity index (χ3v) is 5.25. The van der Waals surface area contributed by atoms with E-state index in [1.165, 1.54) is 12.1 Å². The predicted molar refractivity (Wildman–Crippen MR) is 98.0 cm³/mol. The zero-order chi connectivity index (χ0) is 18.0. The van der Waals surface area contributed by atoms with Crippen molar-refractivity contribution in [3.8, 4) is 5.75 Å². The first-order valence-corrected chi connectivity index (χ1v) is 8.98. The second kappa shape index (κ2) is 7.03. The van der Waals surface area contributed by atoms with Crippen molar-refractivity contribution >= 4 is 23.4 Å². The highest BCUT2D eigenvalue weighted by Crippen LogP contribution is 2.33. The number of phenolic OH excluding ortho intramolecular Hbond substituents is 1. The van der Waals surface area contributed by atoms with Crippen molar-refractivity contribution in [2.75, 3.05) is 11.1 Å². The van der Waals surface area contributed by atoms with Crippen LogP contribution in [0.3, 0.4) is 0 Å². The highest BCUT2D eigenvalue weighted by molar-refractivity contribution is 7.99. The summed E-state index contributed by atoms with van der Waals surface area (Å²) < 4.78 is 13.8. The first kappa shape index (κ1) is 17.7. The number of carbonyl (C=O) groups excluding carboxylic acids is 1. The Bertz CT molecular complexity index is 781. The third-order valence-electron chi connectivity index (χ3n) is 4.34. The van der Waals surface area contributed by atoms with Crippen LogP contribution in [-0.4, -0.2) is 22.3 Å². The zero-order valence-corrected chi connectivity index (χ0v) is 14.6. The number of thioether (sulfide) groups is 1. The van der Waals surface area contributed by atoms with E-state index in [0.717, 1.165) is 23.8 Å². The van der Waals surface area contributed by atoms with Gasteiger partial charge in [0.25, 0.3) is 5.91 Å². The number of phenols is 1. The monoisotopic (exact) mass is 361 g/mol. The molecule has 1 fully saturated rings. The maximum atomic E-state index is 13.8. The largest absolute Gasteiger partial charge is 0.507 e. The van der Waals surface area contributed by atoms with Gasteiger partial charge in [-0.05, 0) is 48.9 Å². The molecule has 0 aromatic heterocycles. The van der Waals surface area contributed by atoms with E-state index in [-0.39, 0.29) is 16.6 Å². The maximum absolute atomic E-state index is 13.8. The lowest BCUT2D eigenvalue weighted by Crippen LogP contribution is -2.52. The molecular formula is C18H20FN3O2S.